The Labute approximate surface area is 127 Å². The van der Waals surface area contributed by atoms with Gasteiger partial charge in [0, 0.05) is 17.6 Å². The van der Waals surface area contributed by atoms with Crippen LogP contribution < -0.4 is 0 Å². The summed E-state index contributed by atoms with van der Waals surface area (Å²) >= 11 is 0. The van der Waals surface area contributed by atoms with Gasteiger partial charge in [0.2, 0.25) is 0 Å². The quantitative estimate of drug-likeness (QED) is 0.483. The van der Waals surface area contributed by atoms with E-state index in [-0.39, 0.29) is 18.6 Å². The molecule has 1 aliphatic carbocycles. The maximum atomic E-state index is 11.4. The highest BCUT2D eigenvalue weighted by molar-refractivity contribution is 5.81. The van der Waals surface area contributed by atoms with Crippen LogP contribution in [-0.4, -0.2) is 25.2 Å². The van der Waals surface area contributed by atoms with E-state index >= 15 is 0 Å². The van der Waals surface area contributed by atoms with Gasteiger partial charge in [0.1, 0.15) is 13.2 Å². The van der Waals surface area contributed by atoms with Crippen LogP contribution in [0.1, 0.15) is 45.4 Å². The van der Waals surface area contributed by atoms with Crippen LogP contribution in [0.5, 0.6) is 0 Å². The fourth-order valence-corrected chi connectivity index (χ4v) is 3.21. The van der Waals surface area contributed by atoms with Crippen molar-refractivity contribution in [2.24, 2.45) is 11.3 Å². The molecule has 1 aliphatic rings. The van der Waals surface area contributed by atoms with Gasteiger partial charge in [-0.1, -0.05) is 39.3 Å². The average molecular weight is 294 g/mol. The molecule has 118 valence electrons. The maximum absolute atomic E-state index is 11.4. The second-order valence-electron chi connectivity index (χ2n) is 5.72. The molecular formula is C17H26O4. The molecular weight excluding hydrogens is 268 g/mol. The number of esters is 2. The fraction of sp³-hybridized carbons (Fsp3) is 0.647. The van der Waals surface area contributed by atoms with Crippen LogP contribution in [0.25, 0.3) is 0 Å². The van der Waals surface area contributed by atoms with Gasteiger partial charge in [-0.25, -0.2) is 9.59 Å². The average Bonchev–Trinajstić information content (AvgIpc) is 3.04. The van der Waals surface area contributed by atoms with Crippen molar-refractivity contribution in [2.75, 3.05) is 13.2 Å². The van der Waals surface area contributed by atoms with Crippen molar-refractivity contribution in [1.82, 2.24) is 0 Å². The van der Waals surface area contributed by atoms with E-state index in [0.29, 0.717) is 5.92 Å². The van der Waals surface area contributed by atoms with Crippen LogP contribution >= 0.6 is 0 Å². The van der Waals surface area contributed by atoms with Gasteiger partial charge in [-0.3, -0.25) is 0 Å². The highest BCUT2D eigenvalue weighted by Crippen LogP contribution is 2.44. The van der Waals surface area contributed by atoms with Gasteiger partial charge < -0.3 is 9.47 Å². The number of rotatable bonds is 9. The third-order valence-corrected chi connectivity index (χ3v) is 4.31. The molecule has 0 atom stereocenters. The van der Waals surface area contributed by atoms with E-state index in [1.165, 1.54) is 25.0 Å². The van der Waals surface area contributed by atoms with E-state index in [1.807, 2.05) is 0 Å². The lowest BCUT2D eigenvalue weighted by Gasteiger charge is -2.38. The third kappa shape index (κ3) is 5.03. The molecule has 0 aliphatic heterocycles. The molecule has 4 heteroatoms. The van der Waals surface area contributed by atoms with Crippen LogP contribution in [0.4, 0.5) is 0 Å². The molecule has 1 saturated carbocycles. The second kappa shape index (κ2) is 8.65. The van der Waals surface area contributed by atoms with Crippen LogP contribution in [0.15, 0.2) is 25.3 Å². The summed E-state index contributed by atoms with van der Waals surface area (Å²) in [5.74, 6) is -0.431. The lowest BCUT2D eigenvalue weighted by atomic mass is 9.72. The summed E-state index contributed by atoms with van der Waals surface area (Å²) in [6.07, 6.45) is 8.71. The summed E-state index contributed by atoms with van der Waals surface area (Å²) in [5.41, 5.74) is -0.289. The number of hydrogen-bond donors (Lipinski definition) is 0. The molecule has 0 radical (unpaired) electrons. The van der Waals surface area contributed by atoms with Crippen molar-refractivity contribution in [3.8, 4) is 0 Å². The number of ether oxygens (including phenoxy) is 2. The molecule has 1 rings (SSSR count). The number of hydrogen-bond acceptors (Lipinski definition) is 4. The first kappa shape index (κ1) is 17.5. The van der Waals surface area contributed by atoms with Crippen molar-refractivity contribution in [3.63, 3.8) is 0 Å². The second-order valence-corrected chi connectivity index (χ2v) is 5.72. The minimum atomic E-state index is -0.427. The first-order valence-electron chi connectivity index (χ1n) is 7.66. The summed E-state index contributed by atoms with van der Waals surface area (Å²) in [7, 11) is 0. The van der Waals surface area contributed by atoms with E-state index < -0.39 is 11.9 Å². The summed E-state index contributed by atoms with van der Waals surface area (Å²) in [6.45, 7) is 9.49. The van der Waals surface area contributed by atoms with Crippen molar-refractivity contribution in [2.45, 2.75) is 45.4 Å². The molecule has 0 aromatic heterocycles. The molecule has 0 saturated heterocycles. The monoisotopic (exact) mass is 294 g/mol. The Balaban J connectivity index is 2.84. The highest BCUT2D eigenvalue weighted by atomic mass is 16.5. The molecule has 0 unspecified atom stereocenters. The summed E-state index contributed by atoms with van der Waals surface area (Å²) in [4.78, 5) is 22.8. The highest BCUT2D eigenvalue weighted by Gasteiger charge is 2.41. The number of carbonyl (C=O) groups is 2. The lowest BCUT2D eigenvalue weighted by molar-refractivity contribution is -0.151. The maximum Gasteiger partial charge on any atom is 0.330 e. The molecule has 0 heterocycles. The van der Waals surface area contributed by atoms with Crippen molar-refractivity contribution in [3.05, 3.63) is 25.3 Å². The molecule has 0 aromatic carbocycles. The smallest absolute Gasteiger partial charge is 0.330 e. The van der Waals surface area contributed by atoms with Gasteiger partial charge in [0.05, 0.1) is 0 Å². The Bertz CT molecular complexity index is 356. The minimum Gasteiger partial charge on any atom is -0.462 e. The largest absolute Gasteiger partial charge is 0.462 e. The third-order valence-electron chi connectivity index (χ3n) is 4.31. The predicted octanol–water partition coefficient (Wildman–Crippen LogP) is 3.42. The standard InChI is InChI=1S/C17H26O4/c1-4-11-17(12-20-15(18)5-2,13-21-16(19)6-3)14-9-7-8-10-14/h5-6,14H,2-4,7-13H2,1H3. The molecule has 0 bridgehead atoms. The zero-order chi connectivity index (χ0) is 15.7. The summed E-state index contributed by atoms with van der Waals surface area (Å²) < 4.78 is 10.6. The first-order chi connectivity index (χ1) is 10.1. The van der Waals surface area contributed by atoms with E-state index in [2.05, 4.69) is 20.1 Å². The van der Waals surface area contributed by atoms with E-state index in [0.717, 1.165) is 25.7 Å². The predicted molar refractivity (Wildman–Crippen MR) is 81.6 cm³/mol. The zero-order valence-corrected chi connectivity index (χ0v) is 12.9. The molecule has 1 fully saturated rings. The van der Waals surface area contributed by atoms with Gasteiger partial charge in [-0.15, -0.1) is 0 Å². The Morgan fingerprint density at radius 3 is 1.95 bits per heavy atom. The van der Waals surface area contributed by atoms with E-state index in [4.69, 9.17) is 9.47 Å². The lowest BCUT2D eigenvalue weighted by Crippen LogP contribution is -2.40. The van der Waals surface area contributed by atoms with E-state index in [9.17, 15) is 9.59 Å². The van der Waals surface area contributed by atoms with Gasteiger partial charge in [-0.2, -0.15) is 0 Å². The zero-order valence-electron chi connectivity index (χ0n) is 12.9. The van der Waals surface area contributed by atoms with Gasteiger partial charge in [-0.05, 0) is 25.2 Å². The Morgan fingerprint density at radius 2 is 1.57 bits per heavy atom. The van der Waals surface area contributed by atoms with Crippen molar-refractivity contribution >= 4 is 11.9 Å². The fourth-order valence-electron chi connectivity index (χ4n) is 3.21. The SMILES string of the molecule is C=CC(=O)OCC(CCC)(COC(=O)C=C)C1CCCC1. The van der Waals surface area contributed by atoms with Gasteiger partial charge >= 0.3 is 11.9 Å². The Kier molecular flexibility index (Phi) is 7.20. The normalized spacial score (nSPS) is 15.5. The van der Waals surface area contributed by atoms with Crippen LogP contribution in [0, 0.1) is 11.3 Å². The molecule has 21 heavy (non-hydrogen) atoms. The van der Waals surface area contributed by atoms with Crippen LogP contribution in [-0.2, 0) is 19.1 Å². The molecule has 0 N–H and O–H groups in total. The van der Waals surface area contributed by atoms with Crippen LogP contribution in [0.3, 0.4) is 0 Å². The van der Waals surface area contributed by atoms with Gasteiger partial charge in [0.25, 0.3) is 0 Å². The minimum absolute atomic E-state index is 0.279. The molecule has 0 spiro atoms. The topological polar surface area (TPSA) is 52.6 Å². The summed E-state index contributed by atoms with van der Waals surface area (Å²) in [6, 6.07) is 0. The molecule has 4 nitrogen and oxygen atoms in total. The molecule has 0 aromatic rings. The van der Waals surface area contributed by atoms with Crippen LogP contribution in [0.2, 0.25) is 0 Å². The van der Waals surface area contributed by atoms with Crippen molar-refractivity contribution in [1.29, 1.82) is 0 Å². The van der Waals surface area contributed by atoms with Crippen molar-refractivity contribution < 1.29 is 19.1 Å². The Morgan fingerprint density at radius 1 is 1.10 bits per heavy atom. The molecule has 0 amide bonds. The number of carbonyl (C=O) groups excluding carboxylic acids is 2. The first-order valence-corrected chi connectivity index (χ1v) is 7.66. The summed E-state index contributed by atoms with van der Waals surface area (Å²) in [5, 5.41) is 0. The Hall–Kier alpha value is -1.58. The van der Waals surface area contributed by atoms with Gasteiger partial charge in [0.15, 0.2) is 0 Å². The van der Waals surface area contributed by atoms with E-state index in [1.54, 1.807) is 0 Å².